The lowest BCUT2D eigenvalue weighted by molar-refractivity contribution is 0.0786. The summed E-state index contributed by atoms with van der Waals surface area (Å²) in [5, 5.41) is 0. The van der Waals surface area contributed by atoms with Crippen LogP contribution in [-0.2, 0) is 11.3 Å². The third kappa shape index (κ3) is 3.22. The number of hydrogen-bond donors (Lipinski definition) is 1. The molecule has 0 unspecified atom stereocenters. The van der Waals surface area contributed by atoms with Gasteiger partial charge in [-0.25, -0.2) is 0 Å². The fourth-order valence-corrected chi connectivity index (χ4v) is 2.15. The monoisotopic (exact) mass is 270 g/mol. The highest BCUT2D eigenvalue weighted by molar-refractivity contribution is 5.95. The number of ether oxygens (including phenoxy) is 1. The van der Waals surface area contributed by atoms with Gasteiger partial charge in [0.1, 0.15) is 0 Å². The fourth-order valence-electron chi connectivity index (χ4n) is 2.15. The predicted octanol–water partition coefficient (Wildman–Crippen LogP) is 1.43. The molecule has 0 aromatic heterocycles. The Morgan fingerprint density at radius 1 is 1.50 bits per heavy atom. The van der Waals surface area contributed by atoms with Crippen LogP contribution in [0.3, 0.4) is 0 Å². The summed E-state index contributed by atoms with van der Waals surface area (Å²) in [5.41, 5.74) is 7.48. The quantitative estimate of drug-likeness (QED) is 0.904. The average molecular weight is 271 g/mol. The Labute approximate surface area is 114 Å². The number of carbonyl (C=O) groups excluding carboxylic acids is 1. The Hall–Kier alpha value is -1.10. The zero-order chi connectivity index (χ0) is 12.3. The molecule has 1 atom stereocenters. The van der Waals surface area contributed by atoms with Crippen molar-refractivity contribution < 1.29 is 9.53 Å². The summed E-state index contributed by atoms with van der Waals surface area (Å²) in [5.74, 6) is 0.0607. The third-order valence-electron chi connectivity index (χ3n) is 3.06. The molecule has 0 saturated carbocycles. The zero-order valence-electron chi connectivity index (χ0n) is 10.5. The fraction of sp³-hybridized carbons (Fsp3) is 0.462. The second-order valence-electron chi connectivity index (χ2n) is 4.39. The van der Waals surface area contributed by atoms with Crippen LogP contribution in [0.5, 0.6) is 0 Å². The van der Waals surface area contributed by atoms with Crippen molar-refractivity contribution >= 4 is 18.3 Å². The van der Waals surface area contributed by atoms with E-state index >= 15 is 0 Å². The van der Waals surface area contributed by atoms with Crippen LogP contribution >= 0.6 is 12.4 Å². The van der Waals surface area contributed by atoms with E-state index in [1.807, 2.05) is 29.2 Å². The molecule has 1 heterocycles. The maximum Gasteiger partial charge on any atom is 0.254 e. The lowest BCUT2D eigenvalue weighted by Crippen LogP contribution is -2.32. The molecule has 5 heteroatoms. The van der Waals surface area contributed by atoms with E-state index in [1.165, 1.54) is 0 Å². The lowest BCUT2D eigenvalue weighted by atomic mass is 10.1. The summed E-state index contributed by atoms with van der Waals surface area (Å²) in [7, 11) is 1.63. The molecular weight excluding hydrogens is 252 g/mol. The minimum absolute atomic E-state index is 0. The summed E-state index contributed by atoms with van der Waals surface area (Å²) in [6.07, 6.45) is 0.887. The number of methoxy groups -OCH3 is 1. The molecule has 1 aliphatic rings. The van der Waals surface area contributed by atoms with Crippen molar-refractivity contribution in [3.8, 4) is 0 Å². The highest BCUT2D eigenvalue weighted by Crippen LogP contribution is 2.16. The molecule has 4 nitrogen and oxygen atoms in total. The van der Waals surface area contributed by atoms with Gasteiger partial charge >= 0.3 is 0 Å². The van der Waals surface area contributed by atoms with Crippen LogP contribution < -0.4 is 5.73 Å². The van der Waals surface area contributed by atoms with Gasteiger partial charge in [0.15, 0.2) is 0 Å². The topological polar surface area (TPSA) is 55.6 Å². The number of nitrogens with two attached hydrogens (primary N) is 1. The normalized spacial score (nSPS) is 18.6. The summed E-state index contributed by atoms with van der Waals surface area (Å²) < 4.78 is 5.11. The van der Waals surface area contributed by atoms with Crippen LogP contribution in [-0.4, -0.2) is 37.0 Å². The first-order valence-corrected chi connectivity index (χ1v) is 5.84. The second-order valence-corrected chi connectivity index (χ2v) is 4.39. The molecule has 100 valence electrons. The number of rotatable bonds is 3. The Morgan fingerprint density at radius 2 is 2.22 bits per heavy atom. The van der Waals surface area contributed by atoms with E-state index in [0.717, 1.165) is 24.1 Å². The van der Waals surface area contributed by atoms with E-state index < -0.39 is 0 Å². The number of likely N-dealkylation sites (tertiary alicyclic amines) is 1. The number of amides is 1. The van der Waals surface area contributed by atoms with E-state index in [1.54, 1.807) is 7.11 Å². The minimum Gasteiger partial charge on any atom is -0.380 e. The number of benzene rings is 1. The van der Waals surface area contributed by atoms with Gasteiger partial charge in [-0.05, 0) is 18.1 Å². The zero-order valence-corrected chi connectivity index (χ0v) is 11.3. The smallest absolute Gasteiger partial charge is 0.254 e. The van der Waals surface area contributed by atoms with Crippen LogP contribution in [0, 0.1) is 0 Å². The van der Waals surface area contributed by atoms with Gasteiger partial charge in [-0.15, -0.1) is 12.4 Å². The maximum absolute atomic E-state index is 12.3. The lowest BCUT2D eigenvalue weighted by Gasteiger charge is -2.17. The molecule has 1 amide bonds. The van der Waals surface area contributed by atoms with Gasteiger partial charge in [0.2, 0.25) is 0 Å². The third-order valence-corrected chi connectivity index (χ3v) is 3.06. The molecular formula is C13H19ClN2O2. The van der Waals surface area contributed by atoms with Crippen LogP contribution in [0.1, 0.15) is 22.3 Å². The van der Waals surface area contributed by atoms with Gasteiger partial charge in [-0.3, -0.25) is 4.79 Å². The molecule has 0 aliphatic carbocycles. The average Bonchev–Trinajstić information content (AvgIpc) is 2.76. The maximum atomic E-state index is 12.3. The first-order chi connectivity index (χ1) is 8.22. The standard InChI is InChI=1S/C13H18N2O2.ClH/c1-17-9-10-4-2-3-5-12(10)13(16)15-7-6-11(14)8-15;/h2-5,11H,6-9,14H2,1H3;1H/t11-;/m1./s1. The molecule has 1 fully saturated rings. The molecule has 2 rings (SSSR count). The number of nitrogens with zero attached hydrogens (tertiary/aromatic N) is 1. The van der Waals surface area contributed by atoms with Gasteiger partial charge in [-0.1, -0.05) is 18.2 Å². The van der Waals surface area contributed by atoms with E-state index in [9.17, 15) is 4.79 Å². The van der Waals surface area contributed by atoms with Gasteiger partial charge in [0.05, 0.1) is 6.61 Å². The van der Waals surface area contributed by atoms with Crippen molar-refractivity contribution in [1.29, 1.82) is 0 Å². The minimum atomic E-state index is 0. The number of halogens is 1. The predicted molar refractivity (Wildman–Crippen MR) is 72.9 cm³/mol. The van der Waals surface area contributed by atoms with E-state index in [2.05, 4.69) is 0 Å². The van der Waals surface area contributed by atoms with Gasteiger partial charge in [0.25, 0.3) is 5.91 Å². The van der Waals surface area contributed by atoms with Gasteiger partial charge < -0.3 is 15.4 Å². The number of hydrogen-bond acceptors (Lipinski definition) is 3. The highest BCUT2D eigenvalue weighted by atomic mass is 35.5. The van der Waals surface area contributed by atoms with E-state index in [4.69, 9.17) is 10.5 Å². The van der Waals surface area contributed by atoms with Crippen molar-refractivity contribution in [2.24, 2.45) is 5.73 Å². The molecule has 1 aliphatic heterocycles. The summed E-state index contributed by atoms with van der Waals surface area (Å²) in [4.78, 5) is 14.1. The van der Waals surface area contributed by atoms with Crippen molar-refractivity contribution in [3.63, 3.8) is 0 Å². The largest absolute Gasteiger partial charge is 0.380 e. The first kappa shape index (κ1) is 15.0. The molecule has 0 radical (unpaired) electrons. The molecule has 0 spiro atoms. The SMILES string of the molecule is COCc1ccccc1C(=O)N1CC[C@@H](N)C1.Cl. The van der Waals surface area contributed by atoms with Crippen LogP contribution in [0.2, 0.25) is 0 Å². The van der Waals surface area contributed by atoms with E-state index in [-0.39, 0.29) is 24.4 Å². The summed E-state index contributed by atoms with van der Waals surface area (Å²) in [6.45, 7) is 1.86. The first-order valence-electron chi connectivity index (χ1n) is 5.84. The molecule has 1 saturated heterocycles. The van der Waals surface area contributed by atoms with Crippen molar-refractivity contribution in [3.05, 3.63) is 35.4 Å². The molecule has 1 aromatic carbocycles. The molecule has 1 aromatic rings. The van der Waals surface area contributed by atoms with Crippen LogP contribution in [0.15, 0.2) is 24.3 Å². The summed E-state index contributed by atoms with van der Waals surface area (Å²) >= 11 is 0. The van der Waals surface area contributed by atoms with Crippen LogP contribution in [0.25, 0.3) is 0 Å². The van der Waals surface area contributed by atoms with E-state index in [0.29, 0.717) is 13.2 Å². The van der Waals surface area contributed by atoms with Crippen LogP contribution in [0.4, 0.5) is 0 Å². The Morgan fingerprint density at radius 3 is 2.83 bits per heavy atom. The molecule has 0 bridgehead atoms. The molecule has 18 heavy (non-hydrogen) atoms. The summed E-state index contributed by atoms with van der Waals surface area (Å²) in [6, 6.07) is 7.68. The highest BCUT2D eigenvalue weighted by Gasteiger charge is 2.25. The Balaban J connectivity index is 0.00000162. The Bertz CT molecular complexity index is 412. The number of carbonyl (C=O) groups is 1. The van der Waals surface area contributed by atoms with Crippen molar-refractivity contribution in [1.82, 2.24) is 4.90 Å². The molecule has 2 N–H and O–H groups in total. The Kier molecular flexibility index (Phi) is 5.59. The second kappa shape index (κ2) is 6.73. The van der Waals surface area contributed by atoms with Gasteiger partial charge in [0, 0.05) is 31.8 Å². The van der Waals surface area contributed by atoms with Gasteiger partial charge in [-0.2, -0.15) is 0 Å². The van der Waals surface area contributed by atoms with Crippen molar-refractivity contribution in [2.75, 3.05) is 20.2 Å². The van der Waals surface area contributed by atoms with Crippen molar-refractivity contribution in [2.45, 2.75) is 19.1 Å².